The van der Waals surface area contributed by atoms with Gasteiger partial charge >= 0.3 is 5.97 Å². The van der Waals surface area contributed by atoms with E-state index in [1.54, 1.807) is 12.1 Å². The molecular formula is C17H16O2. The summed E-state index contributed by atoms with van der Waals surface area (Å²) < 4.78 is 0. The number of carboxylic acids is 1. The Balaban J connectivity index is 1.87. The zero-order chi connectivity index (χ0) is 13.5. The SMILES string of the molecule is CC1(c2ccc(-c3ccc(C(=O)O)cc3)cc2)CC1. The maximum absolute atomic E-state index is 10.8. The molecule has 2 aromatic carbocycles. The van der Waals surface area contributed by atoms with Crippen LogP contribution in [-0.4, -0.2) is 11.1 Å². The van der Waals surface area contributed by atoms with Gasteiger partial charge in [-0.3, -0.25) is 0 Å². The van der Waals surface area contributed by atoms with Crippen LogP contribution in [0.2, 0.25) is 0 Å². The maximum Gasteiger partial charge on any atom is 0.335 e. The number of carboxylic acid groups (broad SMARTS) is 1. The molecule has 0 saturated heterocycles. The fourth-order valence-electron chi connectivity index (χ4n) is 2.35. The second kappa shape index (κ2) is 4.23. The molecule has 0 heterocycles. The van der Waals surface area contributed by atoms with E-state index >= 15 is 0 Å². The maximum atomic E-state index is 10.8. The first-order valence-electron chi connectivity index (χ1n) is 6.53. The number of carbonyl (C=O) groups is 1. The summed E-state index contributed by atoms with van der Waals surface area (Å²) in [7, 11) is 0. The average Bonchev–Trinajstić information content (AvgIpc) is 3.18. The van der Waals surface area contributed by atoms with Crippen LogP contribution in [0.15, 0.2) is 48.5 Å². The van der Waals surface area contributed by atoms with Gasteiger partial charge < -0.3 is 5.11 Å². The fraction of sp³-hybridized carbons (Fsp3) is 0.235. The van der Waals surface area contributed by atoms with Gasteiger partial charge in [0.15, 0.2) is 0 Å². The zero-order valence-corrected chi connectivity index (χ0v) is 10.9. The lowest BCUT2D eigenvalue weighted by Crippen LogP contribution is -1.98. The Hall–Kier alpha value is -2.09. The molecule has 2 nitrogen and oxygen atoms in total. The molecule has 0 spiro atoms. The van der Waals surface area contributed by atoms with Gasteiger partial charge in [-0.15, -0.1) is 0 Å². The standard InChI is InChI=1S/C17H16O2/c1-17(10-11-17)15-8-6-13(7-9-15)12-2-4-14(5-3-12)16(18)19/h2-9H,10-11H2,1H3,(H,18,19). The van der Waals surface area contributed by atoms with Crippen molar-refractivity contribution in [3.05, 3.63) is 59.7 Å². The van der Waals surface area contributed by atoms with Crippen LogP contribution in [0, 0.1) is 0 Å². The summed E-state index contributed by atoms with van der Waals surface area (Å²) in [6.45, 7) is 2.30. The lowest BCUT2D eigenvalue weighted by molar-refractivity contribution is 0.0697. The molecule has 0 atom stereocenters. The Labute approximate surface area is 112 Å². The predicted molar refractivity (Wildman–Crippen MR) is 75.4 cm³/mol. The predicted octanol–water partition coefficient (Wildman–Crippen LogP) is 4.10. The number of hydrogen-bond acceptors (Lipinski definition) is 1. The lowest BCUT2D eigenvalue weighted by Gasteiger charge is -2.10. The third-order valence-electron chi connectivity index (χ3n) is 4.05. The summed E-state index contributed by atoms with van der Waals surface area (Å²) in [6.07, 6.45) is 2.55. The number of rotatable bonds is 3. The molecule has 0 unspecified atom stereocenters. The van der Waals surface area contributed by atoms with Gasteiger partial charge in [-0.2, -0.15) is 0 Å². The summed E-state index contributed by atoms with van der Waals surface area (Å²) in [5, 5.41) is 8.88. The Morgan fingerprint density at radius 2 is 1.42 bits per heavy atom. The smallest absolute Gasteiger partial charge is 0.335 e. The number of benzene rings is 2. The molecule has 0 amide bonds. The summed E-state index contributed by atoms with van der Waals surface area (Å²) in [5.41, 5.74) is 4.30. The van der Waals surface area contributed by atoms with Gasteiger partial charge in [0.05, 0.1) is 5.56 Å². The minimum atomic E-state index is -0.886. The zero-order valence-electron chi connectivity index (χ0n) is 10.9. The van der Waals surface area contributed by atoms with Crippen LogP contribution in [0.3, 0.4) is 0 Å². The lowest BCUT2D eigenvalue weighted by atomic mass is 9.95. The number of hydrogen-bond donors (Lipinski definition) is 1. The van der Waals surface area contributed by atoms with E-state index in [0.29, 0.717) is 11.0 Å². The van der Waals surface area contributed by atoms with Crippen LogP contribution in [-0.2, 0) is 5.41 Å². The third kappa shape index (κ3) is 2.26. The van der Waals surface area contributed by atoms with Crippen LogP contribution >= 0.6 is 0 Å². The Morgan fingerprint density at radius 3 is 1.84 bits per heavy atom. The highest BCUT2D eigenvalue weighted by Gasteiger charge is 2.38. The molecule has 2 heteroatoms. The van der Waals surface area contributed by atoms with Crippen molar-refractivity contribution < 1.29 is 9.90 Å². The van der Waals surface area contributed by atoms with Crippen molar-refractivity contribution in [3.8, 4) is 11.1 Å². The first-order valence-corrected chi connectivity index (χ1v) is 6.53. The quantitative estimate of drug-likeness (QED) is 0.892. The highest BCUT2D eigenvalue weighted by Crippen LogP contribution is 2.47. The highest BCUT2D eigenvalue weighted by molar-refractivity contribution is 5.88. The van der Waals surface area contributed by atoms with Crippen molar-refractivity contribution in [2.45, 2.75) is 25.2 Å². The number of aromatic carboxylic acids is 1. The molecule has 0 aromatic heterocycles. The van der Waals surface area contributed by atoms with Crippen molar-refractivity contribution in [1.29, 1.82) is 0 Å². The summed E-state index contributed by atoms with van der Waals surface area (Å²) >= 11 is 0. The van der Waals surface area contributed by atoms with Crippen LogP contribution in [0.5, 0.6) is 0 Å². The van der Waals surface area contributed by atoms with E-state index < -0.39 is 5.97 Å². The van der Waals surface area contributed by atoms with Gasteiger partial charge in [0.1, 0.15) is 0 Å². The largest absolute Gasteiger partial charge is 0.478 e. The highest BCUT2D eigenvalue weighted by atomic mass is 16.4. The summed E-state index contributed by atoms with van der Waals surface area (Å²) in [5.74, 6) is -0.886. The van der Waals surface area contributed by atoms with Crippen molar-refractivity contribution in [1.82, 2.24) is 0 Å². The normalized spacial score (nSPS) is 16.1. The third-order valence-corrected chi connectivity index (χ3v) is 4.05. The van der Waals surface area contributed by atoms with E-state index in [9.17, 15) is 4.79 Å². The van der Waals surface area contributed by atoms with E-state index in [-0.39, 0.29) is 0 Å². The second-order valence-corrected chi connectivity index (χ2v) is 5.52. The van der Waals surface area contributed by atoms with E-state index in [1.165, 1.54) is 18.4 Å². The van der Waals surface area contributed by atoms with Crippen LogP contribution in [0.1, 0.15) is 35.7 Å². The second-order valence-electron chi connectivity index (χ2n) is 5.52. The van der Waals surface area contributed by atoms with Gasteiger partial charge in [-0.1, -0.05) is 43.3 Å². The molecule has 0 aliphatic heterocycles. The van der Waals surface area contributed by atoms with Crippen molar-refractivity contribution in [2.24, 2.45) is 0 Å². The topological polar surface area (TPSA) is 37.3 Å². The Kier molecular flexibility index (Phi) is 2.67. The van der Waals surface area contributed by atoms with Gasteiger partial charge in [0.25, 0.3) is 0 Å². The molecule has 96 valence electrons. The summed E-state index contributed by atoms with van der Waals surface area (Å²) in [6, 6.07) is 15.6. The van der Waals surface area contributed by atoms with Gasteiger partial charge in [-0.05, 0) is 47.1 Å². The van der Waals surface area contributed by atoms with E-state index in [4.69, 9.17) is 5.11 Å². The van der Waals surface area contributed by atoms with Gasteiger partial charge in [-0.25, -0.2) is 4.79 Å². The molecule has 19 heavy (non-hydrogen) atoms. The van der Waals surface area contributed by atoms with Crippen molar-refractivity contribution >= 4 is 5.97 Å². The van der Waals surface area contributed by atoms with Gasteiger partial charge in [0, 0.05) is 0 Å². The molecule has 3 rings (SSSR count). The Bertz CT molecular complexity index is 605. The average molecular weight is 252 g/mol. The molecule has 1 aliphatic carbocycles. The minimum absolute atomic E-state index is 0.325. The van der Waals surface area contributed by atoms with Gasteiger partial charge in [0.2, 0.25) is 0 Å². The first-order chi connectivity index (χ1) is 9.08. The monoisotopic (exact) mass is 252 g/mol. The van der Waals surface area contributed by atoms with Crippen molar-refractivity contribution in [2.75, 3.05) is 0 Å². The van der Waals surface area contributed by atoms with Crippen LogP contribution in [0.25, 0.3) is 11.1 Å². The fourth-order valence-corrected chi connectivity index (χ4v) is 2.35. The first kappa shape index (κ1) is 12.0. The van der Waals surface area contributed by atoms with E-state index in [2.05, 4.69) is 31.2 Å². The minimum Gasteiger partial charge on any atom is -0.478 e. The molecule has 1 fully saturated rings. The van der Waals surface area contributed by atoms with Crippen LogP contribution < -0.4 is 0 Å². The molecule has 1 aliphatic rings. The Morgan fingerprint density at radius 1 is 0.947 bits per heavy atom. The molecule has 2 aromatic rings. The molecule has 1 saturated carbocycles. The molecular weight excluding hydrogens is 236 g/mol. The van der Waals surface area contributed by atoms with Crippen LogP contribution in [0.4, 0.5) is 0 Å². The van der Waals surface area contributed by atoms with E-state index in [0.717, 1.165) is 11.1 Å². The molecule has 0 radical (unpaired) electrons. The summed E-state index contributed by atoms with van der Waals surface area (Å²) in [4.78, 5) is 10.8. The molecule has 0 bridgehead atoms. The van der Waals surface area contributed by atoms with E-state index in [1.807, 2.05) is 12.1 Å². The molecule has 1 N–H and O–H groups in total. The van der Waals surface area contributed by atoms with Crippen molar-refractivity contribution in [3.63, 3.8) is 0 Å².